The van der Waals surface area contributed by atoms with Gasteiger partial charge in [-0.15, -0.1) is 11.3 Å². The van der Waals surface area contributed by atoms with E-state index in [4.69, 9.17) is 4.99 Å². The molecule has 8 rings (SSSR count). The van der Waals surface area contributed by atoms with Crippen LogP contribution in [0.5, 0.6) is 0 Å². The molecule has 1 unspecified atom stereocenters. The standard InChI is InChI=1S/C33H20N4S/c34-19-20-13-15-21(16-14-20)32-24-9-1-4-10-27(24)35-33(36-32)37-28-11-5-2-7-22(28)25-18-31-26(17-29(25)37)23-8-3-6-12-30(23)38-31/h1-18,33,35H. The van der Waals surface area contributed by atoms with E-state index in [0.717, 1.165) is 33.6 Å². The molecule has 1 aliphatic rings. The zero-order valence-electron chi connectivity index (χ0n) is 20.2. The minimum atomic E-state index is -0.333. The highest BCUT2D eigenvalue weighted by atomic mass is 32.1. The summed E-state index contributed by atoms with van der Waals surface area (Å²) in [6, 6.07) is 40.1. The Labute approximate surface area is 222 Å². The van der Waals surface area contributed by atoms with Crippen molar-refractivity contribution < 1.29 is 0 Å². The van der Waals surface area contributed by atoms with Crippen LogP contribution in [0.3, 0.4) is 0 Å². The van der Waals surface area contributed by atoms with Crippen LogP contribution in [-0.2, 0) is 0 Å². The van der Waals surface area contributed by atoms with Crippen molar-refractivity contribution in [3.8, 4) is 6.07 Å². The van der Waals surface area contributed by atoms with Gasteiger partial charge in [-0.05, 0) is 42.5 Å². The van der Waals surface area contributed by atoms with Crippen molar-refractivity contribution in [2.24, 2.45) is 4.99 Å². The lowest BCUT2D eigenvalue weighted by Crippen LogP contribution is -2.24. The highest BCUT2D eigenvalue weighted by Crippen LogP contribution is 2.41. The summed E-state index contributed by atoms with van der Waals surface area (Å²) in [5, 5.41) is 18.0. The van der Waals surface area contributed by atoms with Crippen LogP contribution in [0.25, 0.3) is 42.0 Å². The van der Waals surface area contributed by atoms with Gasteiger partial charge in [0.05, 0.1) is 28.4 Å². The SMILES string of the molecule is N#Cc1ccc(C2=NC(n3c4ccccc4c4cc5sc6ccccc6c5cc43)Nc3ccccc32)cc1. The van der Waals surface area contributed by atoms with Crippen LogP contribution < -0.4 is 5.32 Å². The fourth-order valence-corrected chi connectivity index (χ4v) is 6.84. The summed E-state index contributed by atoms with van der Waals surface area (Å²) in [6.07, 6.45) is -0.333. The van der Waals surface area contributed by atoms with E-state index in [0.29, 0.717) is 5.56 Å². The van der Waals surface area contributed by atoms with E-state index in [1.54, 1.807) is 0 Å². The van der Waals surface area contributed by atoms with Crippen LogP contribution in [0.4, 0.5) is 5.69 Å². The summed E-state index contributed by atoms with van der Waals surface area (Å²) in [6.45, 7) is 0. The van der Waals surface area contributed by atoms with Gasteiger partial charge in [0.2, 0.25) is 6.29 Å². The molecule has 3 heterocycles. The summed E-state index contributed by atoms with van der Waals surface area (Å²) in [5.41, 5.74) is 6.95. The number of aromatic nitrogens is 1. The number of fused-ring (bicyclic) bond motifs is 7. The van der Waals surface area contributed by atoms with Crippen molar-refractivity contribution in [3.63, 3.8) is 0 Å². The molecule has 0 spiro atoms. The van der Waals surface area contributed by atoms with Crippen molar-refractivity contribution in [3.05, 3.63) is 126 Å². The number of nitrogens with zero attached hydrogens (tertiary/aromatic N) is 3. The molecule has 1 atom stereocenters. The lowest BCUT2D eigenvalue weighted by Gasteiger charge is -2.28. The fourth-order valence-electron chi connectivity index (χ4n) is 5.71. The molecule has 4 nitrogen and oxygen atoms in total. The number of nitriles is 1. The molecule has 0 radical (unpaired) electrons. The Morgan fingerprint density at radius 1 is 0.711 bits per heavy atom. The highest BCUT2D eigenvalue weighted by molar-refractivity contribution is 7.25. The molecule has 38 heavy (non-hydrogen) atoms. The molecular formula is C33H20N4S. The number of hydrogen-bond donors (Lipinski definition) is 1. The maximum absolute atomic E-state index is 9.30. The Hall–Kier alpha value is -4.92. The number of thiophene rings is 1. The summed E-state index contributed by atoms with van der Waals surface area (Å²) in [7, 11) is 0. The van der Waals surface area contributed by atoms with Gasteiger partial charge in [-0.2, -0.15) is 5.26 Å². The highest BCUT2D eigenvalue weighted by Gasteiger charge is 2.25. The maximum atomic E-state index is 9.30. The largest absolute Gasteiger partial charge is 0.346 e. The third-order valence-corrected chi connectivity index (χ3v) is 8.59. The zero-order valence-corrected chi connectivity index (χ0v) is 21.0. The van der Waals surface area contributed by atoms with E-state index in [1.165, 1.54) is 30.9 Å². The molecular weight excluding hydrogens is 484 g/mol. The van der Waals surface area contributed by atoms with Gasteiger partial charge in [-0.3, -0.25) is 0 Å². The van der Waals surface area contributed by atoms with Gasteiger partial charge in [0.25, 0.3) is 0 Å². The molecule has 1 aliphatic heterocycles. The number of hydrogen-bond acceptors (Lipinski definition) is 4. The molecule has 0 fully saturated rings. The van der Waals surface area contributed by atoms with E-state index in [2.05, 4.69) is 94.8 Å². The number of nitrogens with one attached hydrogen (secondary N) is 1. The molecule has 5 aromatic carbocycles. The summed E-state index contributed by atoms with van der Waals surface area (Å²) in [5.74, 6) is 0. The fraction of sp³-hybridized carbons (Fsp3) is 0.0303. The van der Waals surface area contributed by atoms with Crippen LogP contribution in [0.2, 0.25) is 0 Å². The number of benzene rings is 5. The quantitative estimate of drug-likeness (QED) is 0.257. The van der Waals surface area contributed by atoms with Crippen LogP contribution >= 0.6 is 11.3 Å². The van der Waals surface area contributed by atoms with Crippen molar-refractivity contribution in [2.45, 2.75) is 6.29 Å². The first-order valence-corrected chi connectivity index (χ1v) is 13.4. The van der Waals surface area contributed by atoms with E-state index in [1.807, 2.05) is 41.7 Å². The van der Waals surface area contributed by atoms with Gasteiger partial charge in [-0.1, -0.05) is 66.7 Å². The minimum Gasteiger partial charge on any atom is -0.346 e. The van der Waals surface area contributed by atoms with Crippen molar-refractivity contribution in [1.29, 1.82) is 5.26 Å². The average molecular weight is 505 g/mol. The Bertz CT molecular complexity index is 2120. The van der Waals surface area contributed by atoms with Gasteiger partial charge in [-0.25, -0.2) is 4.99 Å². The number of para-hydroxylation sites is 2. The third-order valence-electron chi connectivity index (χ3n) is 7.46. The lowest BCUT2D eigenvalue weighted by atomic mass is 9.98. The number of anilines is 1. The molecule has 0 saturated heterocycles. The van der Waals surface area contributed by atoms with Gasteiger partial charge in [0, 0.05) is 47.8 Å². The number of aliphatic imine (C=N–C) groups is 1. The first kappa shape index (κ1) is 21.2. The average Bonchev–Trinajstić information content (AvgIpc) is 3.50. The predicted molar refractivity (Wildman–Crippen MR) is 158 cm³/mol. The van der Waals surface area contributed by atoms with E-state index in [-0.39, 0.29) is 6.29 Å². The van der Waals surface area contributed by atoms with Gasteiger partial charge < -0.3 is 9.88 Å². The van der Waals surface area contributed by atoms with E-state index in [9.17, 15) is 5.26 Å². The van der Waals surface area contributed by atoms with Crippen LogP contribution in [0.15, 0.2) is 114 Å². The van der Waals surface area contributed by atoms with Gasteiger partial charge >= 0.3 is 0 Å². The Balaban J connectivity index is 1.42. The molecule has 0 saturated carbocycles. The van der Waals surface area contributed by atoms with Crippen LogP contribution in [-0.4, -0.2) is 10.3 Å². The monoisotopic (exact) mass is 504 g/mol. The second kappa shape index (κ2) is 8.04. The minimum absolute atomic E-state index is 0.333. The van der Waals surface area contributed by atoms with Gasteiger partial charge in [0.1, 0.15) is 0 Å². The molecule has 0 amide bonds. The van der Waals surface area contributed by atoms with Crippen molar-refractivity contribution in [1.82, 2.24) is 4.57 Å². The molecule has 5 heteroatoms. The third kappa shape index (κ3) is 3.05. The maximum Gasteiger partial charge on any atom is 0.201 e. The van der Waals surface area contributed by atoms with Crippen LogP contribution in [0.1, 0.15) is 23.0 Å². The Kier molecular flexibility index (Phi) is 4.48. The molecule has 1 N–H and O–H groups in total. The number of rotatable bonds is 2. The zero-order chi connectivity index (χ0) is 25.2. The molecule has 0 aliphatic carbocycles. The topological polar surface area (TPSA) is 53.1 Å². The summed E-state index contributed by atoms with van der Waals surface area (Å²) < 4.78 is 4.93. The summed E-state index contributed by atoms with van der Waals surface area (Å²) >= 11 is 1.85. The Morgan fingerprint density at radius 2 is 1.47 bits per heavy atom. The van der Waals surface area contributed by atoms with Gasteiger partial charge in [0.15, 0.2) is 0 Å². The second-order valence-electron chi connectivity index (χ2n) is 9.58. The first-order chi connectivity index (χ1) is 18.8. The first-order valence-electron chi connectivity index (χ1n) is 12.6. The molecule has 178 valence electrons. The van der Waals surface area contributed by atoms with Crippen molar-refractivity contribution >= 4 is 64.7 Å². The molecule has 7 aromatic rings. The molecule has 0 bridgehead atoms. The normalized spacial score (nSPS) is 14.9. The molecule has 2 aromatic heterocycles. The smallest absolute Gasteiger partial charge is 0.201 e. The Morgan fingerprint density at radius 3 is 2.34 bits per heavy atom. The predicted octanol–water partition coefficient (Wildman–Crippen LogP) is 8.45. The van der Waals surface area contributed by atoms with Crippen molar-refractivity contribution in [2.75, 3.05) is 5.32 Å². The second-order valence-corrected chi connectivity index (χ2v) is 10.7. The lowest BCUT2D eigenvalue weighted by molar-refractivity contribution is 0.625. The van der Waals surface area contributed by atoms with Crippen LogP contribution in [0, 0.1) is 11.3 Å². The van der Waals surface area contributed by atoms with E-state index < -0.39 is 0 Å². The van der Waals surface area contributed by atoms with E-state index >= 15 is 0 Å². The summed E-state index contributed by atoms with van der Waals surface area (Å²) in [4.78, 5) is 5.31.